The molecule has 0 saturated carbocycles. The predicted molar refractivity (Wildman–Crippen MR) is 158 cm³/mol. The van der Waals surface area contributed by atoms with Gasteiger partial charge in [0.2, 0.25) is 0 Å². The molecule has 1 aliphatic heterocycles. The second-order valence-electron chi connectivity index (χ2n) is 9.55. The number of rotatable bonds is 6. The van der Waals surface area contributed by atoms with Crippen molar-refractivity contribution >= 4 is 49.3 Å². The van der Waals surface area contributed by atoms with Gasteiger partial charge in [0.1, 0.15) is 5.75 Å². The number of carbonyl (C=O) groups excluding carboxylic acids is 1. The van der Waals surface area contributed by atoms with Gasteiger partial charge in [0.15, 0.2) is 5.13 Å². The number of ether oxygens (including phenoxy) is 2. The standard InChI is InChI=1S/C29H28N6O4S/c1-17(25-15-30-11-12-39-25)35-16-31-23-9-3-18(13-22(23)27(35)36)19-4-10-26-24(14-19)33-29(40-26)34-28(37)32-20-5-7-21(38-2)8-6-20/h3-10,13-14,16-17,25,30H,11-12,15H2,1-2H3,(H2,32,33,34,37). The van der Waals surface area contributed by atoms with E-state index < -0.39 is 0 Å². The highest BCUT2D eigenvalue weighted by molar-refractivity contribution is 7.22. The highest BCUT2D eigenvalue weighted by Gasteiger charge is 2.23. The number of aromatic nitrogens is 3. The van der Waals surface area contributed by atoms with Crippen molar-refractivity contribution in [3.8, 4) is 16.9 Å². The molecule has 204 valence electrons. The molecule has 3 heterocycles. The van der Waals surface area contributed by atoms with Crippen LogP contribution in [0.5, 0.6) is 5.75 Å². The molecule has 2 amide bonds. The number of morpholine rings is 1. The summed E-state index contributed by atoms with van der Waals surface area (Å²) in [5, 5.41) is 9.94. The molecule has 1 saturated heterocycles. The van der Waals surface area contributed by atoms with Gasteiger partial charge in [-0.3, -0.25) is 14.7 Å². The van der Waals surface area contributed by atoms with Crippen LogP contribution in [0.25, 0.3) is 32.2 Å². The van der Waals surface area contributed by atoms with E-state index in [2.05, 4.69) is 25.9 Å². The van der Waals surface area contributed by atoms with Crippen molar-refractivity contribution in [3.05, 3.63) is 77.3 Å². The fourth-order valence-corrected chi connectivity index (χ4v) is 5.62. The van der Waals surface area contributed by atoms with Gasteiger partial charge in [0.25, 0.3) is 5.56 Å². The highest BCUT2D eigenvalue weighted by atomic mass is 32.1. The van der Waals surface area contributed by atoms with Gasteiger partial charge in [-0.05, 0) is 66.6 Å². The van der Waals surface area contributed by atoms with Gasteiger partial charge in [-0.15, -0.1) is 0 Å². The Bertz CT molecular complexity index is 1740. The van der Waals surface area contributed by atoms with E-state index in [1.165, 1.54) is 11.3 Å². The average Bonchev–Trinajstić information content (AvgIpc) is 3.39. The van der Waals surface area contributed by atoms with Gasteiger partial charge < -0.3 is 20.1 Å². The molecule has 11 heteroatoms. The molecular formula is C29H28N6O4S. The lowest BCUT2D eigenvalue weighted by Crippen LogP contribution is -2.44. The van der Waals surface area contributed by atoms with E-state index in [1.54, 1.807) is 42.3 Å². The van der Waals surface area contributed by atoms with Gasteiger partial charge in [-0.25, -0.2) is 14.8 Å². The first-order valence-electron chi connectivity index (χ1n) is 12.9. The van der Waals surface area contributed by atoms with E-state index in [1.807, 2.05) is 43.3 Å². The zero-order valence-electron chi connectivity index (χ0n) is 22.0. The topological polar surface area (TPSA) is 119 Å². The molecule has 0 spiro atoms. The second-order valence-corrected chi connectivity index (χ2v) is 10.6. The Balaban J connectivity index is 1.23. The van der Waals surface area contributed by atoms with Crippen LogP contribution in [0.1, 0.15) is 13.0 Å². The molecule has 1 aliphatic rings. The monoisotopic (exact) mass is 556 g/mol. The van der Waals surface area contributed by atoms with E-state index in [-0.39, 0.29) is 23.7 Å². The molecular weight excluding hydrogens is 528 g/mol. The number of thiazole rings is 1. The number of fused-ring (bicyclic) bond motifs is 2. The van der Waals surface area contributed by atoms with Crippen molar-refractivity contribution in [3.63, 3.8) is 0 Å². The third-order valence-electron chi connectivity index (χ3n) is 7.01. The number of amides is 2. The summed E-state index contributed by atoms with van der Waals surface area (Å²) in [6.45, 7) is 4.11. The summed E-state index contributed by atoms with van der Waals surface area (Å²) in [4.78, 5) is 35.1. The quantitative estimate of drug-likeness (QED) is 0.273. The van der Waals surface area contributed by atoms with Gasteiger partial charge in [-0.1, -0.05) is 23.5 Å². The van der Waals surface area contributed by atoms with Crippen LogP contribution in [-0.4, -0.2) is 53.5 Å². The Morgan fingerprint density at radius 2 is 1.90 bits per heavy atom. The van der Waals surface area contributed by atoms with Crippen LogP contribution in [0.15, 0.2) is 71.8 Å². The van der Waals surface area contributed by atoms with Crippen LogP contribution >= 0.6 is 11.3 Å². The normalized spacial score (nSPS) is 16.1. The summed E-state index contributed by atoms with van der Waals surface area (Å²) in [6.07, 6.45) is 1.51. The third-order valence-corrected chi connectivity index (χ3v) is 7.96. The minimum atomic E-state index is -0.383. The van der Waals surface area contributed by atoms with Gasteiger partial charge in [0, 0.05) is 18.8 Å². The molecule has 3 aromatic carbocycles. The van der Waals surface area contributed by atoms with Crippen LogP contribution in [0.2, 0.25) is 0 Å². The van der Waals surface area contributed by atoms with Crippen LogP contribution in [0.3, 0.4) is 0 Å². The first-order valence-corrected chi connectivity index (χ1v) is 13.8. The fraction of sp³-hybridized carbons (Fsp3) is 0.241. The molecule has 2 unspecified atom stereocenters. The zero-order chi connectivity index (χ0) is 27.6. The maximum atomic E-state index is 13.5. The maximum Gasteiger partial charge on any atom is 0.325 e. The van der Waals surface area contributed by atoms with Crippen LogP contribution in [-0.2, 0) is 4.74 Å². The van der Waals surface area contributed by atoms with E-state index in [9.17, 15) is 9.59 Å². The summed E-state index contributed by atoms with van der Waals surface area (Å²) in [5.74, 6) is 0.711. The highest BCUT2D eigenvalue weighted by Crippen LogP contribution is 2.31. The molecule has 0 aliphatic carbocycles. The van der Waals surface area contributed by atoms with Gasteiger partial charge in [-0.2, -0.15) is 0 Å². The van der Waals surface area contributed by atoms with E-state index >= 15 is 0 Å². The Morgan fingerprint density at radius 1 is 1.10 bits per heavy atom. The number of benzene rings is 3. The molecule has 3 N–H and O–H groups in total. The number of anilines is 2. The lowest BCUT2D eigenvalue weighted by atomic mass is 10.0. The Kier molecular flexibility index (Phi) is 7.16. The molecule has 40 heavy (non-hydrogen) atoms. The Morgan fingerprint density at radius 3 is 2.67 bits per heavy atom. The number of methoxy groups -OCH3 is 1. The summed E-state index contributed by atoms with van der Waals surface area (Å²) in [6, 6.07) is 18.1. The largest absolute Gasteiger partial charge is 0.497 e. The Hall–Kier alpha value is -4.32. The third kappa shape index (κ3) is 5.26. The van der Waals surface area contributed by atoms with E-state index in [4.69, 9.17) is 9.47 Å². The van der Waals surface area contributed by atoms with Crippen LogP contribution < -0.4 is 26.2 Å². The number of carbonyl (C=O) groups is 1. The summed E-state index contributed by atoms with van der Waals surface area (Å²) in [7, 11) is 1.59. The van der Waals surface area contributed by atoms with Crippen molar-refractivity contribution in [2.24, 2.45) is 0 Å². The number of urea groups is 1. The van der Waals surface area contributed by atoms with Crippen molar-refractivity contribution in [1.29, 1.82) is 0 Å². The summed E-state index contributed by atoms with van der Waals surface area (Å²) in [5.41, 5.74) is 3.73. The second kappa shape index (κ2) is 11.0. The summed E-state index contributed by atoms with van der Waals surface area (Å²) < 4.78 is 13.6. The van der Waals surface area contributed by atoms with Crippen molar-refractivity contribution in [1.82, 2.24) is 19.9 Å². The Labute approximate surface area is 234 Å². The minimum Gasteiger partial charge on any atom is -0.497 e. The van der Waals surface area contributed by atoms with Crippen LogP contribution in [0.4, 0.5) is 15.6 Å². The lowest BCUT2D eigenvalue weighted by molar-refractivity contribution is -0.00128. The van der Waals surface area contributed by atoms with E-state index in [0.29, 0.717) is 40.6 Å². The number of nitrogens with zero attached hydrogens (tertiary/aromatic N) is 3. The molecule has 2 aromatic heterocycles. The zero-order valence-corrected chi connectivity index (χ0v) is 22.8. The smallest absolute Gasteiger partial charge is 0.325 e. The molecule has 5 aromatic rings. The molecule has 1 fully saturated rings. The number of nitrogens with one attached hydrogen (secondary N) is 3. The van der Waals surface area contributed by atoms with Gasteiger partial charge in [0.05, 0.1) is 53.3 Å². The molecule has 10 nitrogen and oxygen atoms in total. The van der Waals surface area contributed by atoms with Crippen molar-refractivity contribution < 1.29 is 14.3 Å². The fourth-order valence-electron chi connectivity index (χ4n) is 4.77. The average molecular weight is 557 g/mol. The molecule has 0 bridgehead atoms. The first-order chi connectivity index (χ1) is 19.5. The molecule has 6 rings (SSSR count). The first kappa shape index (κ1) is 25.9. The minimum absolute atomic E-state index is 0.0953. The van der Waals surface area contributed by atoms with E-state index in [0.717, 1.165) is 27.9 Å². The SMILES string of the molecule is COc1ccc(NC(=O)Nc2nc3cc(-c4ccc5ncn(C(C)C6CNCCO6)c(=O)c5c4)ccc3s2)cc1. The molecule has 0 radical (unpaired) electrons. The maximum absolute atomic E-state index is 13.5. The number of hydrogen-bond donors (Lipinski definition) is 3. The van der Waals surface area contributed by atoms with Crippen molar-refractivity contribution in [2.45, 2.75) is 19.1 Å². The van der Waals surface area contributed by atoms with Crippen molar-refractivity contribution in [2.75, 3.05) is 37.4 Å². The lowest BCUT2D eigenvalue weighted by Gasteiger charge is -2.29. The summed E-state index contributed by atoms with van der Waals surface area (Å²) >= 11 is 1.39. The van der Waals surface area contributed by atoms with Crippen LogP contribution in [0, 0.1) is 0 Å². The number of hydrogen-bond acceptors (Lipinski definition) is 8. The predicted octanol–water partition coefficient (Wildman–Crippen LogP) is 4.88. The van der Waals surface area contributed by atoms with Gasteiger partial charge >= 0.3 is 6.03 Å². The molecule has 2 atom stereocenters.